The molecule has 21 heavy (non-hydrogen) atoms. The average Bonchev–Trinajstić information content (AvgIpc) is 2.63. The van der Waals surface area contributed by atoms with E-state index in [0.717, 1.165) is 0 Å². The molecule has 7 heteroatoms. The predicted molar refractivity (Wildman–Crippen MR) is 74.4 cm³/mol. The van der Waals surface area contributed by atoms with E-state index in [1.165, 1.54) is 4.90 Å². The number of carboxylic acids is 1. The minimum atomic E-state index is -1.08. The lowest BCUT2D eigenvalue weighted by Crippen LogP contribution is -2.37. The standard InChI is InChI=1S/C14H15N3O4/c1-4-5-17(8-13(19)20)7-12(18)16-14-11(6-15)9(2)10(3)21-14/h1H,5,7-8H2,2-3H3,(H,16,18)(H,19,20). The maximum Gasteiger partial charge on any atom is 0.317 e. The van der Waals surface area contributed by atoms with Crippen LogP contribution in [0.4, 0.5) is 5.88 Å². The van der Waals surface area contributed by atoms with Crippen molar-refractivity contribution in [3.63, 3.8) is 0 Å². The van der Waals surface area contributed by atoms with E-state index >= 15 is 0 Å². The zero-order valence-corrected chi connectivity index (χ0v) is 11.8. The molecule has 1 rings (SSSR count). The number of carbonyl (C=O) groups is 2. The third-order valence-corrected chi connectivity index (χ3v) is 2.79. The smallest absolute Gasteiger partial charge is 0.317 e. The molecule has 0 saturated heterocycles. The number of hydrogen-bond donors (Lipinski definition) is 2. The second-order valence-electron chi connectivity index (χ2n) is 4.39. The second-order valence-corrected chi connectivity index (χ2v) is 4.39. The summed E-state index contributed by atoms with van der Waals surface area (Å²) in [4.78, 5) is 23.8. The number of nitrogens with one attached hydrogen (secondary N) is 1. The summed E-state index contributed by atoms with van der Waals surface area (Å²) < 4.78 is 5.30. The van der Waals surface area contributed by atoms with Crippen molar-refractivity contribution in [1.82, 2.24) is 4.90 Å². The van der Waals surface area contributed by atoms with Gasteiger partial charge in [-0.2, -0.15) is 5.26 Å². The van der Waals surface area contributed by atoms with Gasteiger partial charge in [-0.15, -0.1) is 6.42 Å². The van der Waals surface area contributed by atoms with Crippen LogP contribution in [0.2, 0.25) is 0 Å². The molecule has 0 saturated carbocycles. The van der Waals surface area contributed by atoms with Crippen molar-refractivity contribution in [2.45, 2.75) is 13.8 Å². The van der Waals surface area contributed by atoms with Gasteiger partial charge in [0.2, 0.25) is 11.8 Å². The summed E-state index contributed by atoms with van der Waals surface area (Å²) in [5.41, 5.74) is 0.904. The normalized spacial score (nSPS) is 9.95. The third kappa shape index (κ3) is 4.37. The summed E-state index contributed by atoms with van der Waals surface area (Å²) in [6, 6.07) is 1.95. The number of aliphatic carboxylic acids is 1. The van der Waals surface area contributed by atoms with Crippen molar-refractivity contribution in [2.24, 2.45) is 0 Å². The fraction of sp³-hybridized carbons (Fsp3) is 0.357. The number of nitriles is 1. The number of hydrogen-bond acceptors (Lipinski definition) is 5. The Labute approximate surface area is 122 Å². The number of nitrogens with zero attached hydrogens (tertiary/aromatic N) is 2. The number of anilines is 1. The fourth-order valence-corrected chi connectivity index (χ4v) is 1.71. The lowest BCUT2D eigenvalue weighted by molar-refractivity contribution is -0.138. The maximum atomic E-state index is 11.9. The summed E-state index contributed by atoms with van der Waals surface area (Å²) >= 11 is 0. The van der Waals surface area contributed by atoms with Gasteiger partial charge in [0.1, 0.15) is 17.4 Å². The summed E-state index contributed by atoms with van der Waals surface area (Å²) in [6.45, 7) is 2.86. The number of amides is 1. The van der Waals surface area contributed by atoms with Crippen LogP contribution >= 0.6 is 0 Å². The van der Waals surface area contributed by atoms with E-state index in [0.29, 0.717) is 11.3 Å². The summed E-state index contributed by atoms with van der Waals surface area (Å²) in [5.74, 6) is 1.30. The van der Waals surface area contributed by atoms with Gasteiger partial charge in [0, 0.05) is 5.56 Å². The minimum absolute atomic E-state index is 0.0288. The van der Waals surface area contributed by atoms with E-state index in [1.807, 2.05) is 6.07 Å². The number of terminal acetylenes is 1. The molecule has 1 heterocycles. The highest BCUT2D eigenvalue weighted by atomic mass is 16.4. The molecule has 0 unspecified atom stereocenters. The topological polar surface area (TPSA) is 107 Å². The Kier molecular flexibility index (Phi) is 5.53. The first-order valence-corrected chi connectivity index (χ1v) is 6.06. The van der Waals surface area contributed by atoms with Crippen LogP contribution in [-0.4, -0.2) is 41.5 Å². The van der Waals surface area contributed by atoms with E-state index < -0.39 is 11.9 Å². The van der Waals surface area contributed by atoms with Gasteiger partial charge in [0.25, 0.3) is 0 Å². The number of carboxylic acid groups (broad SMARTS) is 1. The molecule has 7 nitrogen and oxygen atoms in total. The molecule has 110 valence electrons. The molecule has 0 aliphatic carbocycles. The molecule has 2 N–H and O–H groups in total. The molecule has 0 spiro atoms. The van der Waals surface area contributed by atoms with Crippen LogP contribution in [0, 0.1) is 37.5 Å². The highest BCUT2D eigenvalue weighted by Gasteiger charge is 2.18. The highest BCUT2D eigenvalue weighted by Crippen LogP contribution is 2.25. The Balaban J connectivity index is 2.77. The molecule has 0 fully saturated rings. The van der Waals surface area contributed by atoms with Crippen molar-refractivity contribution < 1.29 is 19.1 Å². The van der Waals surface area contributed by atoms with Crippen LogP contribution in [0.3, 0.4) is 0 Å². The van der Waals surface area contributed by atoms with Gasteiger partial charge < -0.3 is 9.52 Å². The van der Waals surface area contributed by atoms with Crippen molar-refractivity contribution in [1.29, 1.82) is 5.26 Å². The molecule has 1 aromatic heterocycles. The minimum Gasteiger partial charge on any atom is -0.480 e. The van der Waals surface area contributed by atoms with Gasteiger partial charge in [-0.05, 0) is 13.8 Å². The van der Waals surface area contributed by atoms with Crippen LogP contribution in [0.1, 0.15) is 16.9 Å². The molecule has 0 aromatic carbocycles. The van der Waals surface area contributed by atoms with E-state index in [-0.39, 0.29) is 31.1 Å². The SMILES string of the molecule is C#CCN(CC(=O)O)CC(=O)Nc1oc(C)c(C)c1C#N. The maximum absolute atomic E-state index is 11.9. The summed E-state index contributed by atoms with van der Waals surface area (Å²) in [7, 11) is 0. The zero-order valence-electron chi connectivity index (χ0n) is 11.8. The lowest BCUT2D eigenvalue weighted by atomic mass is 10.2. The third-order valence-electron chi connectivity index (χ3n) is 2.79. The Morgan fingerprint density at radius 2 is 2.10 bits per heavy atom. The van der Waals surface area contributed by atoms with Crippen LogP contribution in [0.5, 0.6) is 0 Å². The van der Waals surface area contributed by atoms with Crippen LogP contribution < -0.4 is 5.32 Å². The Hall–Kier alpha value is -2.77. The van der Waals surface area contributed by atoms with Gasteiger partial charge in [0.15, 0.2) is 0 Å². The Bertz CT molecular complexity index is 634. The first-order chi connectivity index (χ1) is 9.88. The van der Waals surface area contributed by atoms with Gasteiger partial charge in [0.05, 0.1) is 19.6 Å². The number of carbonyl (C=O) groups excluding carboxylic acids is 1. The molecule has 0 radical (unpaired) electrons. The first-order valence-electron chi connectivity index (χ1n) is 6.06. The number of aryl methyl sites for hydroxylation is 1. The van der Waals surface area contributed by atoms with E-state index in [4.69, 9.17) is 21.2 Å². The number of rotatable bonds is 6. The molecule has 1 aromatic rings. The summed E-state index contributed by atoms with van der Waals surface area (Å²) in [6.07, 6.45) is 5.12. The van der Waals surface area contributed by atoms with Crippen molar-refractivity contribution in [2.75, 3.05) is 25.0 Å². The summed E-state index contributed by atoms with van der Waals surface area (Å²) in [5, 5.41) is 20.2. The van der Waals surface area contributed by atoms with Gasteiger partial charge in [-0.25, -0.2) is 0 Å². The van der Waals surface area contributed by atoms with Crippen molar-refractivity contribution >= 4 is 17.8 Å². The molecular formula is C14H15N3O4. The van der Waals surface area contributed by atoms with Crippen LogP contribution in [0.25, 0.3) is 0 Å². The highest BCUT2D eigenvalue weighted by molar-refractivity contribution is 5.92. The Morgan fingerprint density at radius 1 is 1.43 bits per heavy atom. The van der Waals surface area contributed by atoms with E-state index in [1.54, 1.807) is 13.8 Å². The molecule has 1 amide bonds. The van der Waals surface area contributed by atoms with E-state index in [2.05, 4.69) is 11.2 Å². The molecule has 0 atom stereocenters. The van der Waals surface area contributed by atoms with Gasteiger partial charge in [-0.1, -0.05) is 5.92 Å². The molecule has 0 aliphatic rings. The zero-order chi connectivity index (χ0) is 16.0. The van der Waals surface area contributed by atoms with E-state index in [9.17, 15) is 9.59 Å². The largest absolute Gasteiger partial charge is 0.480 e. The molecule has 0 bridgehead atoms. The second kappa shape index (κ2) is 7.13. The van der Waals surface area contributed by atoms with Crippen molar-refractivity contribution in [3.05, 3.63) is 16.9 Å². The first kappa shape index (κ1) is 16.3. The quantitative estimate of drug-likeness (QED) is 0.747. The fourth-order valence-electron chi connectivity index (χ4n) is 1.71. The van der Waals surface area contributed by atoms with Crippen LogP contribution in [0.15, 0.2) is 4.42 Å². The lowest BCUT2D eigenvalue weighted by Gasteiger charge is -2.16. The molecular weight excluding hydrogens is 274 g/mol. The van der Waals surface area contributed by atoms with Crippen LogP contribution in [-0.2, 0) is 9.59 Å². The molecule has 0 aliphatic heterocycles. The average molecular weight is 289 g/mol. The van der Waals surface area contributed by atoms with Gasteiger partial charge >= 0.3 is 5.97 Å². The van der Waals surface area contributed by atoms with Crippen molar-refractivity contribution in [3.8, 4) is 18.4 Å². The van der Waals surface area contributed by atoms with Gasteiger partial charge in [-0.3, -0.25) is 19.8 Å². The monoisotopic (exact) mass is 289 g/mol. The number of furan rings is 1. The predicted octanol–water partition coefficient (Wildman–Crippen LogP) is 0.726. The Morgan fingerprint density at radius 3 is 2.62 bits per heavy atom.